The summed E-state index contributed by atoms with van der Waals surface area (Å²) in [6, 6.07) is 13.7. The summed E-state index contributed by atoms with van der Waals surface area (Å²) in [5.41, 5.74) is 3.22. The fourth-order valence-electron chi connectivity index (χ4n) is 4.19. The Labute approximate surface area is 185 Å². The molecule has 1 aromatic carbocycles. The maximum Gasteiger partial charge on any atom is 0.149 e. The fraction of sp³-hybridized carbons (Fsp3) is 0.360. The largest absolute Gasteiger partial charge is 0.493 e. The Bertz CT molecular complexity index is 1270. The lowest BCUT2D eigenvalue weighted by Gasteiger charge is -2.27. The Balaban J connectivity index is 1.33. The number of nitrogens with one attached hydrogen (secondary N) is 1. The molecule has 1 aliphatic heterocycles. The van der Waals surface area contributed by atoms with Crippen LogP contribution in [0.2, 0.25) is 0 Å². The van der Waals surface area contributed by atoms with Crippen LogP contribution in [0.4, 0.5) is 4.39 Å². The van der Waals surface area contributed by atoms with Gasteiger partial charge in [-0.2, -0.15) is 0 Å². The minimum Gasteiger partial charge on any atom is -0.493 e. The zero-order valence-electron chi connectivity index (χ0n) is 17.7. The van der Waals surface area contributed by atoms with E-state index < -0.39 is 12.3 Å². The molecule has 2 atom stereocenters. The summed E-state index contributed by atoms with van der Waals surface area (Å²) in [6.07, 6.45) is 5.46. The number of rotatable bonds is 6. The van der Waals surface area contributed by atoms with Crippen LogP contribution in [0, 0.1) is 5.92 Å². The molecule has 1 saturated carbocycles. The normalized spacial score (nSPS) is 21.2. The van der Waals surface area contributed by atoms with E-state index in [2.05, 4.69) is 10.3 Å². The number of imidazole rings is 1. The molecule has 1 aliphatic carbocycles. The first-order valence-electron chi connectivity index (χ1n) is 11.3. The van der Waals surface area contributed by atoms with Crippen LogP contribution in [0.1, 0.15) is 19.3 Å². The predicted molar refractivity (Wildman–Crippen MR) is 121 cm³/mol. The molecule has 32 heavy (non-hydrogen) atoms. The lowest BCUT2D eigenvalue weighted by Crippen LogP contribution is -2.44. The van der Waals surface area contributed by atoms with Gasteiger partial charge in [0.15, 0.2) is 0 Å². The molecular formula is C25H25FN4O2. The SMILES string of the molecule is F[C@H]1CNCCC1Oc1cccc2ccc(-c3cnc4cc(OCC5CC5)ccn34)nc12. The van der Waals surface area contributed by atoms with Crippen LogP contribution < -0.4 is 14.8 Å². The molecule has 0 bridgehead atoms. The molecule has 1 saturated heterocycles. The van der Waals surface area contributed by atoms with E-state index in [9.17, 15) is 4.39 Å². The van der Waals surface area contributed by atoms with Gasteiger partial charge in [-0.25, -0.2) is 14.4 Å². The van der Waals surface area contributed by atoms with Gasteiger partial charge < -0.3 is 14.8 Å². The zero-order valence-corrected chi connectivity index (χ0v) is 17.7. The minimum absolute atomic E-state index is 0.322. The number of piperidine rings is 1. The highest BCUT2D eigenvalue weighted by Crippen LogP contribution is 2.31. The summed E-state index contributed by atoms with van der Waals surface area (Å²) >= 11 is 0. The Morgan fingerprint density at radius 3 is 2.94 bits per heavy atom. The predicted octanol–water partition coefficient (Wildman–Crippen LogP) is 4.42. The molecule has 0 spiro atoms. The number of fused-ring (bicyclic) bond motifs is 2. The summed E-state index contributed by atoms with van der Waals surface area (Å²) in [4.78, 5) is 9.45. The first kappa shape index (κ1) is 19.5. The van der Waals surface area contributed by atoms with Crippen molar-refractivity contribution in [1.29, 1.82) is 0 Å². The third kappa shape index (κ3) is 3.77. The van der Waals surface area contributed by atoms with Crippen molar-refractivity contribution in [2.75, 3.05) is 19.7 Å². The van der Waals surface area contributed by atoms with E-state index >= 15 is 0 Å². The number of alkyl halides is 1. The number of hydrogen-bond donors (Lipinski definition) is 1. The molecule has 7 heteroatoms. The van der Waals surface area contributed by atoms with Crippen LogP contribution in [0.5, 0.6) is 11.5 Å². The van der Waals surface area contributed by atoms with Gasteiger partial charge in [0.2, 0.25) is 0 Å². The number of pyridine rings is 2. The number of para-hydroxylation sites is 1. The number of benzene rings is 1. The first-order chi connectivity index (χ1) is 15.7. The van der Waals surface area contributed by atoms with Gasteiger partial charge in [0.05, 0.1) is 24.2 Å². The van der Waals surface area contributed by atoms with Crippen LogP contribution >= 0.6 is 0 Å². The number of ether oxygens (including phenoxy) is 2. The Kier molecular flexibility index (Phi) is 4.91. The van der Waals surface area contributed by atoms with Gasteiger partial charge in [-0.3, -0.25) is 4.40 Å². The number of nitrogens with zero attached hydrogens (tertiary/aromatic N) is 3. The molecule has 6 rings (SSSR count). The maximum absolute atomic E-state index is 14.3. The van der Waals surface area contributed by atoms with Gasteiger partial charge in [0.25, 0.3) is 0 Å². The minimum atomic E-state index is -1.03. The van der Waals surface area contributed by atoms with Crippen molar-refractivity contribution in [1.82, 2.24) is 19.7 Å². The monoisotopic (exact) mass is 432 g/mol. The average molecular weight is 432 g/mol. The number of hydrogen-bond acceptors (Lipinski definition) is 5. The standard InChI is InChI=1S/C25H25FN4O2/c26-19-13-27-10-8-22(19)32-23-3-1-2-17-6-7-20(29-25(17)23)21-14-28-24-12-18(9-11-30(21)24)31-15-16-4-5-16/h1-3,6-7,9,11-12,14,16,19,22,27H,4-5,8,10,13,15H2/t19-,22?/m0/s1. The summed E-state index contributed by atoms with van der Waals surface area (Å²) in [5.74, 6) is 2.16. The molecule has 2 aliphatic rings. The fourth-order valence-corrected chi connectivity index (χ4v) is 4.19. The van der Waals surface area contributed by atoms with Gasteiger partial charge in [-0.1, -0.05) is 18.2 Å². The van der Waals surface area contributed by atoms with E-state index in [4.69, 9.17) is 14.5 Å². The third-order valence-electron chi connectivity index (χ3n) is 6.24. The highest BCUT2D eigenvalue weighted by Gasteiger charge is 2.27. The quantitative estimate of drug-likeness (QED) is 0.489. The lowest BCUT2D eigenvalue weighted by atomic mass is 10.1. The van der Waals surface area contributed by atoms with Crippen molar-refractivity contribution in [2.45, 2.75) is 31.5 Å². The van der Waals surface area contributed by atoms with Gasteiger partial charge in [-0.15, -0.1) is 0 Å². The third-order valence-corrected chi connectivity index (χ3v) is 6.24. The van der Waals surface area contributed by atoms with E-state index in [-0.39, 0.29) is 0 Å². The lowest BCUT2D eigenvalue weighted by molar-refractivity contribution is 0.0743. The summed E-state index contributed by atoms with van der Waals surface area (Å²) < 4.78 is 28.3. The van der Waals surface area contributed by atoms with E-state index in [1.54, 1.807) is 0 Å². The second-order valence-electron chi connectivity index (χ2n) is 8.68. The molecule has 4 heterocycles. The number of aromatic nitrogens is 3. The van der Waals surface area contributed by atoms with Crippen LogP contribution in [0.15, 0.2) is 54.9 Å². The van der Waals surface area contributed by atoms with Crippen LogP contribution in [0.3, 0.4) is 0 Å². The Morgan fingerprint density at radius 1 is 1.12 bits per heavy atom. The molecule has 0 amide bonds. The molecular weight excluding hydrogens is 407 g/mol. The van der Waals surface area contributed by atoms with E-state index in [1.165, 1.54) is 12.8 Å². The zero-order chi connectivity index (χ0) is 21.5. The van der Waals surface area contributed by atoms with Crippen molar-refractivity contribution < 1.29 is 13.9 Å². The second-order valence-corrected chi connectivity index (χ2v) is 8.68. The Hall–Kier alpha value is -3.19. The maximum atomic E-state index is 14.3. The first-order valence-corrected chi connectivity index (χ1v) is 11.3. The molecule has 4 aromatic rings. The molecule has 1 N–H and O–H groups in total. The van der Waals surface area contributed by atoms with Crippen molar-refractivity contribution in [3.8, 4) is 22.9 Å². The summed E-state index contributed by atoms with van der Waals surface area (Å²) in [5, 5.41) is 4.02. The van der Waals surface area contributed by atoms with Crippen molar-refractivity contribution >= 4 is 16.6 Å². The second kappa shape index (κ2) is 8.06. The molecule has 1 unspecified atom stereocenters. The smallest absolute Gasteiger partial charge is 0.149 e. The molecule has 164 valence electrons. The van der Waals surface area contributed by atoms with Crippen LogP contribution in [-0.2, 0) is 0 Å². The number of halogens is 1. The highest BCUT2D eigenvalue weighted by atomic mass is 19.1. The van der Waals surface area contributed by atoms with Gasteiger partial charge in [0.1, 0.15) is 34.9 Å². The van der Waals surface area contributed by atoms with Gasteiger partial charge >= 0.3 is 0 Å². The molecule has 2 fully saturated rings. The Morgan fingerprint density at radius 2 is 2.06 bits per heavy atom. The summed E-state index contributed by atoms with van der Waals surface area (Å²) in [6.45, 7) is 1.85. The highest BCUT2D eigenvalue weighted by molar-refractivity contribution is 5.86. The van der Waals surface area contributed by atoms with Crippen LogP contribution in [-0.4, -0.2) is 46.3 Å². The van der Waals surface area contributed by atoms with E-state index in [0.717, 1.165) is 46.8 Å². The van der Waals surface area contributed by atoms with E-state index in [0.29, 0.717) is 24.6 Å². The molecule has 0 radical (unpaired) electrons. The van der Waals surface area contributed by atoms with Crippen molar-refractivity contribution in [3.63, 3.8) is 0 Å². The molecule has 6 nitrogen and oxygen atoms in total. The van der Waals surface area contributed by atoms with Crippen molar-refractivity contribution in [3.05, 3.63) is 54.9 Å². The average Bonchev–Trinajstić information content (AvgIpc) is 3.56. The van der Waals surface area contributed by atoms with Crippen LogP contribution in [0.25, 0.3) is 27.9 Å². The van der Waals surface area contributed by atoms with Gasteiger partial charge in [0, 0.05) is 24.2 Å². The van der Waals surface area contributed by atoms with E-state index in [1.807, 2.05) is 59.3 Å². The summed E-state index contributed by atoms with van der Waals surface area (Å²) in [7, 11) is 0. The molecule has 3 aromatic heterocycles. The van der Waals surface area contributed by atoms with Crippen molar-refractivity contribution in [2.24, 2.45) is 5.92 Å². The van der Waals surface area contributed by atoms with Gasteiger partial charge in [-0.05, 0) is 49.9 Å². The topological polar surface area (TPSA) is 60.7 Å².